The second-order valence-electron chi connectivity index (χ2n) is 6.11. The van der Waals surface area contributed by atoms with Crippen LogP contribution in [0.2, 0.25) is 10.0 Å². The van der Waals surface area contributed by atoms with Crippen LogP contribution in [0.5, 0.6) is 0 Å². The zero-order valence-electron chi connectivity index (χ0n) is 13.5. The number of carbonyl (C=O) groups excluding carboxylic acids is 1. The number of carbonyl (C=O) groups is 1. The molecule has 1 aromatic heterocycles. The van der Waals surface area contributed by atoms with Crippen LogP contribution in [0.3, 0.4) is 0 Å². The summed E-state index contributed by atoms with van der Waals surface area (Å²) < 4.78 is 4.96. The topological polar surface area (TPSA) is 54.1 Å². The number of methoxy groups -OCH3 is 1. The Hall–Kier alpha value is -2.01. The lowest BCUT2D eigenvalue weighted by Gasteiger charge is -2.30. The zero-order chi connectivity index (χ0) is 17.6. The first-order valence-electron chi connectivity index (χ1n) is 7.97. The minimum absolute atomic E-state index is 0.245. The van der Waals surface area contributed by atoms with Crippen LogP contribution < -0.4 is 5.32 Å². The fourth-order valence-corrected chi connectivity index (χ4v) is 4.03. The minimum atomic E-state index is -0.437. The maximum Gasteiger partial charge on any atom is 0.323 e. The number of esters is 1. The molecule has 0 spiro atoms. The summed E-state index contributed by atoms with van der Waals surface area (Å²) in [6.07, 6.45) is 0.563. The van der Waals surface area contributed by atoms with E-state index in [1.54, 1.807) is 12.1 Å². The van der Waals surface area contributed by atoms with Gasteiger partial charge in [-0.25, -0.2) is 0 Å². The molecule has 0 saturated carbocycles. The number of nitrogens with one attached hydrogen (secondary N) is 2. The number of fused-ring (bicyclic) bond motifs is 3. The molecule has 128 valence electrons. The molecule has 4 rings (SSSR count). The number of aromatic nitrogens is 1. The molecule has 4 nitrogen and oxygen atoms in total. The third-order valence-corrected chi connectivity index (χ3v) is 5.23. The van der Waals surface area contributed by atoms with Crippen LogP contribution in [0, 0.1) is 0 Å². The van der Waals surface area contributed by atoms with Crippen molar-refractivity contribution in [2.45, 2.75) is 18.5 Å². The number of hydrogen-bond donors (Lipinski definition) is 2. The van der Waals surface area contributed by atoms with Gasteiger partial charge in [0, 0.05) is 33.1 Å². The Morgan fingerprint density at radius 2 is 2.00 bits per heavy atom. The molecule has 25 heavy (non-hydrogen) atoms. The van der Waals surface area contributed by atoms with E-state index in [0.717, 1.165) is 27.7 Å². The maximum atomic E-state index is 12.2. The largest absolute Gasteiger partial charge is 0.468 e. The second kappa shape index (κ2) is 6.37. The Bertz CT molecular complexity index is 967. The highest BCUT2D eigenvalue weighted by Gasteiger charge is 2.35. The van der Waals surface area contributed by atoms with Crippen molar-refractivity contribution in [1.29, 1.82) is 0 Å². The molecule has 2 aromatic carbocycles. The summed E-state index contributed by atoms with van der Waals surface area (Å²) in [6, 6.07) is 12.8. The Morgan fingerprint density at radius 1 is 1.20 bits per heavy atom. The van der Waals surface area contributed by atoms with Gasteiger partial charge in [0.2, 0.25) is 0 Å². The van der Waals surface area contributed by atoms with Crippen molar-refractivity contribution >= 4 is 40.1 Å². The van der Waals surface area contributed by atoms with Gasteiger partial charge in [-0.05, 0) is 29.3 Å². The van der Waals surface area contributed by atoms with Crippen molar-refractivity contribution in [3.63, 3.8) is 0 Å². The van der Waals surface area contributed by atoms with Crippen LogP contribution in [0.1, 0.15) is 22.9 Å². The van der Waals surface area contributed by atoms with Crippen LogP contribution in [0.15, 0.2) is 42.5 Å². The fraction of sp³-hybridized carbons (Fsp3) is 0.211. The predicted molar refractivity (Wildman–Crippen MR) is 99.2 cm³/mol. The fourth-order valence-electron chi connectivity index (χ4n) is 3.51. The van der Waals surface area contributed by atoms with Gasteiger partial charge in [-0.3, -0.25) is 10.1 Å². The Balaban J connectivity index is 1.90. The molecule has 1 aliphatic heterocycles. The van der Waals surface area contributed by atoms with Crippen LogP contribution in [-0.2, 0) is 16.0 Å². The van der Waals surface area contributed by atoms with E-state index < -0.39 is 6.04 Å². The van der Waals surface area contributed by atoms with Crippen molar-refractivity contribution in [3.8, 4) is 0 Å². The van der Waals surface area contributed by atoms with Gasteiger partial charge in [0.25, 0.3) is 0 Å². The predicted octanol–water partition coefficient (Wildman–Crippen LogP) is 4.25. The van der Waals surface area contributed by atoms with E-state index >= 15 is 0 Å². The first kappa shape index (κ1) is 16.5. The number of para-hydroxylation sites is 1. The lowest BCUT2D eigenvalue weighted by Crippen LogP contribution is -2.45. The summed E-state index contributed by atoms with van der Waals surface area (Å²) in [5.74, 6) is -0.286. The van der Waals surface area contributed by atoms with Gasteiger partial charge in [-0.2, -0.15) is 0 Å². The normalized spacial score (nSPS) is 19.6. The summed E-state index contributed by atoms with van der Waals surface area (Å²) in [6.45, 7) is 0. The molecular weight excluding hydrogens is 359 g/mol. The van der Waals surface area contributed by atoms with Gasteiger partial charge in [0.05, 0.1) is 13.2 Å². The van der Waals surface area contributed by atoms with Crippen LogP contribution in [-0.4, -0.2) is 24.1 Å². The molecule has 1 aliphatic rings. The van der Waals surface area contributed by atoms with E-state index in [0.29, 0.717) is 16.5 Å². The molecule has 0 amide bonds. The molecule has 0 radical (unpaired) electrons. The summed E-state index contributed by atoms with van der Waals surface area (Å²) in [5.41, 5.74) is 4.04. The van der Waals surface area contributed by atoms with Crippen molar-refractivity contribution in [2.24, 2.45) is 0 Å². The number of ether oxygens (including phenoxy) is 1. The molecule has 3 aromatic rings. The zero-order valence-corrected chi connectivity index (χ0v) is 15.0. The highest BCUT2D eigenvalue weighted by Crippen LogP contribution is 2.38. The average Bonchev–Trinajstić information content (AvgIpc) is 2.99. The van der Waals surface area contributed by atoms with E-state index in [4.69, 9.17) is 27.9 Å². The van der Waals surface area contributed by atoms with Crippen molar-refractivity contribution in [2.75, 3.05) is 7.11 Å². The number of hydrogen-bond acceptors (Lipinski definition) is 3. The third kappa shape index (κ3) is 2.80. The number of halogens is 2. The summed E-state index contributed by atoms with van der Waals surface area (Å²) in [7, 11) is 1.40. The Morgan fingerprint density at radius 3 is 2.76 bits per heavy atom. The molecule has 0 saturated heterocycles. The highest BCUT2D eigenvalue weighted by molar-refractivity contribution is 6.35. The number of aromatic amines is 1. The molecule has 0 unspecified atom stereocenters. The SMILES string of the molecule is COC(=O)[C@H]1Cc2c([nH]c3ccccc23)[C@H](c2ccc(Cl)cc2Cl)N1. The molecule has 0 aliphatic carbocycles. The van der Waals surface area contributed by atoms with E-state index in [1.807, 2.05) is 24.3 Å². The van der Waals surface area contributed by atoms with E-state index in [-0.39, 0.29) is 12.0 Å². The molecule has 0 bridgehead atoms. The van der Waals surface area contributed by atoms with Crippen molar-refractivity contribution in [1.82, 2.24) is 10.3 Å². The third-order valence-electron chi connectivity index (χ3n) is 4.67. The van der Waals surface area contributed by atoms with Gasteiger partial charge in [0.1, 0.15) is 6.04 Å². The number of benzene rings is 2. The summed E-state index contributed by atoms with van der Waals surface area (Å²) in [5, 5.41) is 5.61. The quantitative estimate of drug-likeness (QED) is 0.659. The standard InChI is InChI=1S/C19H16Cl2N2O2/c1-25-19(24)16-9-13-11-4-2-3-5-15(11)22-18(13)17(23-16)12-7-6-10(20)8-14(12)21/h2-8,16-17,22-23H,9H2,1H3/t16-,17+/m1/s1. The highest BCUT2D eigenvalue weighted by atomic mass is 35.5. The molecule has 2 atom stereocenters. The second-order valence-corrected chi connectivity index (χ2v) is 6.95. The first-order chi connectivity index (χ1) is 12.1. The smallest absolute Gasteiger partial charge is 0.323 e. The Labute approximate surface area is 155 Å². The number of rotatable bonds is 2. The van der Waals surface area contributed by atoms with Gasteiger partial charge < -0.3 is 9.72 Å². The van der Waals surface area contributed by atoms with E-state index in [9.17, 15) is 4.79 Å². The van der Waals surface area contributed by atoms with Gasteiger partial charge >= 0.3 is 5.97 Å². The van der Waals surface area contributed by atoms with Crippen LogP contribution in [0.25, 0.3) is 10.9 Å². The molecule has 2 heterocycles. The maximum absolute atomic E-state index is 12.2. The molecule has 2 N–H and O–H groups in total. The van der Waals surface area contributed by atoms with E-state index in [1.165, 1.54) is 7.11 Å². The minimum Gasteiger partial charge on any atom is -0.468 e. The van der Waals surface area contributed by atoms with Gasteiger partial charge in [-0.15, -0.1) is 0 Å². The lowest BCUT2D eigenvalue weighted by atomic mass is 9.90. The Kier molecular flexibility index (Phi) is 4.20. The van der Waals surface area contributed by atoms with Crippen LogP contribution >= 0.6 is 23.2 Å². The molecule has 0 fully saturated rings. The monoisotopic (exact) mass is 374 g/mol. The van der Waals surface area contributed by atoms with Crippen molar-refractivity contribution in [3.05, 3.63) is 69.3 Å². The summed E-state index contributed by atoms with van der Waals surface area (Å²) in [4.78, 5) is 15.7. The van der Waals surface area contributed by atoms with Crippen molar-refractivity contribution < 1.29 is 9.53 Å². The summed E-state index contributed by atoms with van der Waals surface area (Å²) >= 11 is 12.5. The number of H-pyrrole nitrogens is 1. The van der Waals surface area contributed by atoms with Crippen LogP contribution in [0.4, 0.5) is 0 Å². The molecule has 6 heteroatoms. The average molecular weight is 375 g/mol. The first-order valence-corrected chi connectivity index (χ1v) is 8.72. The van der Waals surface area contributed by atoms with E-state index in [2.05, 4.69) is 16.4 Å². The lowest BCUT2D eigenvalue weighted by molar-refractivity contribution is -0.143. The van der Waals surface area contributed by atoms with Gasteiger partial charge in [0.15, 0.2) is 0 Å². The van der Waals surface area contributed by atoms with Gasteiger partial charge in [-0.1, -0.05) is 47.5 Å². The molecular formula is C19H16Cl2N2O2.